The number of carbonyl (C=O) groups is 1. The quantitative estimate of drug-likeness (QED) is 0.188. The number of esters is 1. The third kappa shape index (κ3) is 4.40. The van der Waals surface area contributed by atoms with Crippen molar-refractivity contribution in [2.45, 2.75) is 31.0 Å². The lowest BCUT2D eigenvalue weighted by Gasteiger charge is -2.07. The van der Waals surface area contributed by atoms with Crippen molar-refractivity contribution in [3.63, 3.8) is 0 Å². The van der Waals surface area contributed by atoms with Gasteiger partial charge < -0.3 is 4.74 Å². The van der Waals surface area contributed by atoms with Gasteiger partial charge in [-0.2, -0.15) is 0 Å². The largest absolute Gasteiger partial charge is 0.462 e. The van der Waals surface area contributed by atoms with Gasteiger partial charge >= 0.3 is 5.97 Å². The number of thioether (sulfide) groups is 1. The van der Waals surface area contributed by atoms with Crippen molar-refractivity contribution in [2.75, 3.05) is 6.61 Å². The molecule has 0 atom stereocenters. The number of thiophene rings is 1. The van der Waals surface area contributed by atoms with Gasteiger partial charge in [-0.25, -0.2) is 14.8 Å². The van der Waals surface area contributed by atoms with Crippen LogP contribution in [0.3, 0.4) is 0 Å². The first-order valence-electron chi connectivity index (χ1n) is 9.85. The van der Waals surface area contributed by atoms with Crippen LogP contribution in [-0.2, 0) is 10.5 Å². The topological polar surface area (TPSA) is 52.1 Å². The average molecular weight is 435 g/mol. The summed E-state index contributed by atoms with van der Waals surface area (Å²) in [6.45, 7) is 4.57. The zero-order valence-corrected chi connectivity index (χ0v) is 18.6. The Morgan fingerprint density at radius 3 is 2.57 bits per heavy atom. The highest BCUT2D eigenvalue weighted by Gasteiger charge is 2.17. The predicted octanol–water partition coefficient (Wildman–Crippen LogP) is 6.53. The Hall–Kier alpha value is -2.70. The molecule has 0 bridgehead atoms. The third-order valence-electron chi connectivity index (χ3n) is 4.69. The first kappa shape index (κ1) is 20.6. The number of aromatic nitrogens is 2. The second-order valence-electron chi connectivity index (χ2n) is 6.88. The van der Waals surface area contributed by atoms with E-state index in [0.717, 1.165) is 33.0 Å². The van der Waals surface area contributed by atoms with E-state index in [1.807, 2.05) is 37.3 Å². The Morgan fingerprint density at radius 2 is 1.83 bits per heavy atom. The molecule has 2 heterocycles. The van der Waals surface area contributed by atoms with E-state index in [4.69, 9.17) is 4.74 Å². The van der Waals surface area contributed by atoms with Crippen LogP contribution in [-0.4, -0.2) is 22.5 Å². The van der Waals surface area contributed by atoms with Crippen molar-refractivity contribution < 1.29 is 9.53 Å². The Kier molecular flexibility index (Phi) is 6.45. The minimum atomic E-state index is -0.269. The van der Waals surface area contributed by atoms with E-state index >= 15 is 0 Å². The molecule has 0 saturated heterocycles. The molecule has 6 heteroatoms. The van der Waals surface area contributed by atoms with Crippen molar-refractivity contribution in [3.05, 3.63) is 76.9 Å². The molecule has 4 aromatic rings. The van der Waals surface area contributed by atoms with Crippen molar-refractivity contribution in [2.24, 2.45) is 0 Å². The molecule has 0 saturated carbocycles. The number of fused-ring (bicyclic) bond motifs is 1. The molecule has 0 aliphatic carbocycles. The zero-order chi connectivity index (χ0) is 20.9. The summed E-state index contributed by atoms with van der Waals surface area (Å²) in [5.74, 6) is 0.495. The fraction of sp³-hybridized carbons (Fsp3) is 0.208. The molecule has 2 aromatic heterocycles. The van der Waals surface area contributed by atoms with Gasteiger partial charge in [0.15, 0.2) is 0 Å². The summed E-state index contributed by atoms with van der Waals surface area (Å²) in [5, 5.41) is 2.10. The molecule has 0 unspecified atom stereocenters. The summed E-state index contributed by atoms with van der Waals surface area (Å²) < 4.78 is 5.19. The number of hydrogen-bond acceptors (Lipinski definition) is 6. The van der Waals surface area contributed by atoms with Crippen molar-refractivity contribution in [1.82, 2.24) is 9.97 Å². The van der Waals surface area contributed by atoms with E-state index in [0.29, 0.717) is 12.2 Å². The monoisotopic (exact) mass is 434 g/mol. The first-order chi connectivity index (χ1) is 14.7. The zero-order valence-electron chi connectivity index (χ0n) is 16.9. The SMILES string of the molecule is CCCOC(=O)c1ccc(CSc2ncnc3sc(C)c(-c4ccccc4)c23)cc1. The fourth-order valence-corrected chi connectivity index (χ4v) is 5.28. The van der Waals surface area contributed by atoms with Crippen LogP contribution in [0.15, 0.2) is 66.0 Å². The lowest BCUT2D eigenvalue weighted by Crippen LogP contribution is -2.05. The minimum absolute atomic E-state index is 0.269. The summed E-state index contributed by atoms with van der Waals surface area (Å²) in [7, 11) is 0. The highest BCUT2D eigenvalue weighted by atomic mass is 32.2. The number of ether oxygens (including phenoxy) is 1. The smallest absolute Gasteiger partial charge is 0.338 e. The molecule has 0 amide bonds. The van der Waals surface area contributed by atoms with Gasteiger partial charge in [-0.3, -0.25) is 0 Å². The van der Waals surface area contributed by atoms with E-state index in [9.17, 15) is 4.79 Å². The predicted molar refractivity (Wildman–Crippen MR) is 124 cm³/mol. The minimum Gasteiger partial charge on any atom is -0.462 e. The van der Waals surface area contributed by atoms with Crippen LogP contribution in [0.2, 0.25) is 0 Å². The van der Waals surface area contributed by atoms with E-state index in [1.54, 1.807) is 29.4 Å². The summed E-state index contributed by atoms with van der Waals surface area (Å²) in [4.78, 5) is 23.3. The second kappa shape index (κ2) is 9.41. The van der Waals surface area contributed by atoms with Gasteiger partial charge in [0.25, 0.3) is 0 Å². The number of carbonyl (C=O) groups excluding carboxylic acids is 1. The Morgan fingerprint density at radius 1 is 1.07 bits per heavy atom. The standard InChI is InChI=1S/C24H22N2O2S2/c1-3-13-28-24(27)19-11-9-17(10-12-19)14-29-22-21-20(18-7-5-4-6-8-18)16(2)30-23(21)26-15-25-22/h4-12,15H,3,13-14H2,1-2H3. The molecular weight excluding hydrogens is 412 g/mol. The van der Waals surface area contributed by atoms with E-state index in [1.165, 1.54) is 16.0 Å². The number of aryl methyl sites for hydroxylation is 1. The highest BCUT2D eigenvalue weighted by Crippen LogP contribution is 2.41. The Bertz CT molecular complexity index is 1160. The van der Waals surface area contributed by atoms with E-state index in [2.05, 4.69) is 41.2 Å². The lowest BCUT2D eigenvalue weighted by molar-refractivity contribution is 0.0505. The maximum Gasteiger partial charge on any atom is 0.338 e. The van der Waals surface area contributed by atoms with Crippen molar-refractivity contribution in [3.8, 4) is 11.1 Å². The number of benzene rings is 2. The maximum absolute atomic E-state index is 12.0. The van der Waals surface area contributed by atoms with Gasteiger partial charge in [-0.05, 0) is 36.6 Å². The molecule has 4 nitrogen and oxygen atoms in total. The fourth-order valence-electron chi connectivity index (χ4n) is 3.25. The van der Waals surface area contributed by atoms with Crippen molar-refractivity contribution in [1.29, 1.82) is 0 Å². The molecule has 0 radical (unpaired) electrons. The molecule has 0 N–H and O–H groups in total. The second-order valence-corrected chi connectivity index (χ2v) is 9.05. The number of nitrogens with zero attached hydrogens (tertiary/aromatic N) is 2. The van der Waals surface area contributed by atoms with Gasteiger partial charge in [0, 0.05) is 16.2 Å². The Balaban J connectivity index is 1.57. The van der Waals surface area contributed by atoms with Gasteiger partial charge in [0.2, 0.25) is 0 Å². The van der Waals surface area contributed by atoms with Crippen LogP contribution in [0.25, 0.3) is 21.3 Å². The maximum atomic E-state index is 12.0. The molecule has 152 valence electrons. The summed E-state index contributed by atoms with van der Waals surface area (Å²) >= 11 is 3.40. The van der Waals surface area contributed by atoms with E-state index < -0.39 is 0 Å². The summed E-state index contributed by atoms with van der Waals surface area (Å²) in [6, 6.07) is 18.0. The van der Waals surface area contributed by atoms with Gasteiger partial charge in [0.05, 0.1) is 17.6 Å². The van der Waals surface area contributed by atoms with Gasteiger partial charge in [-0.1, -0.05) is 49.4 Å². The first-order valence-corrected chi connectivity index (χ1v) is 11.7. The van der Waals surface area contributed by atoms with Gasteiger partial charge in [-0.15, -0.1) is 23.1 Å². The molecule has 0 aliphatic rings. The molecule has 2 aromatic carbocycles. The molecular formula is C24H22N2O2S2. The van der Waals surface area contributed by atoms with Crippen LogP contribution in [0.5, 0.6) is 0 Å². The number of hydrogen-bond donors (Lipinski definition) is 0. The van der Waals surface area contributed by atoms with E-state index in [-0.39, 0.29) is 5.97 Å². The van der Waals surface area contributed by atoms with Crippen LogP contribution >= 0.6 is 23.1 Å². The lowest BCUT2D eigenvalue weighted by atomic mass is 10.0. The molecule has 0 spiro atoms. The third-order valence-corrected chi connectivity index (χ3v) is 6.77. The highest BCUT2D eigenvalue weighted by molar-refractivity contribution is 7.98. The normalized spacial score (nSPS) is 11.0. The number of rotatable bonds is 7. The summed E-state index contributed by atoms with van der Waals surface area (Å²) in [6.07, 6.45) is 2.46. The molecule has 0 aliphatic heterocycles. The molecule has 4 rings (SSSR count). The van der Waals surface area contributed by atoms with Crippen LogP contribution in [0.1, 0.15) is 34.1 Å². The molecule has 0 fully saturated rings. The molecule has 30 heavy (non-hydrogen) atoms. The summed E-state index contributed by atoms with van der Waals surface area (Å²) in [5.41, 5.74) is 4.12. The van der Waals surface area contributed by atoms with Gasteiger partial charge in [0.1, 0.15) is 16.2 Å². The van der Waals surface area contributed by atoms with Crippen molar-refractivity contribution >= 4 is 39.3 Å². The van der Waals surface area contributed by atoms with Crippen LogP contribution in [0, 0.1) is 6.92 Å². The average Bonchev–Trinajstić information content (AvgIpc) is 3.13. The Labute approximate surface area is 184 Å². The van der Waals surface area contributed by atoms with Crippen LogP contribution in [0.4, 0.5) is 0 Å². The van der Waals surface area contributed by atoms with Crippen LogP contribution < -0.4 is 0 Å².